The Kier molecular flexibility index (Phi) is 5.72. The van der Waals surface area contributed by atoms with Gasteiger partial charge in [0.15, 0.2) is 0 Å². The lowest BCUT2D eigenvalue weighted by Crippen LogP contribution is -2.20. The van der Waals surface area contributed by atoms with Gasteiger partial charge in [-0.05, 0) is 49.7 Å². The number of ether oxygens (including phenoxy) is 1. The average molecular weight is 286 g/mol. The smallest absolute Gasteiger partial charge is 0.145 e. The van der Waals surface area contributed by atoms with Gasteiger partial charge >= 0.3 is 0 Å². The largest absolute Gasteiger partial charge is 0.456 e. The fourth-order valence-electron chi connectivity index (χ4n) is 1.97. The zero-order valence-electron chi connectivity index (χ0n) is 12.5. The van der Waals surface area contributed by atoms with Crippen LogP contribution in [-0.4, -0.2) is 16.6 Å². The van der Waals surface area contributed by atoms with E-state index < -0.39 is 0 Å². The van der Waals surface area contributed by atoms with Crippen LogP contribution in [0.15, 0.2) is 42.6 Å². The normalized spacial score (nSPS) is 12.1. The molecule has 112 valence electrons. The number of rotatable bonds is 7. The van der Waals surface area contributed by atoms with Gasteiger partial charge in [-0.15, -0.1) is 0 Å². The van der Waals surface area contributed by atoms with Gasteiger partial charge in [-0.1, -0.05) is 19.1 Å². The van der Waals surface area contributed by atoms with E-state index in [-0.39, 0.29) is 12.6 Å². The summed E-state index contributed by atoms with van der Waals surface area (Å²) in [5, 5.41) is 12.4. The van der Waals surface area contributed by atoms with Crippen LogP contribution >= 0.6 is 0 Å². The van der Waals surface area contributed by atoms with Crippen molar-refractivity contribution in [2.24, 2.45) is 0 Å². The molecule has 0 fully saturated rings. The number of hydrogen-bond donors (Lipinski definition) is 2. The molecule has 2 aromatic rings. The third kappa shape index (κ3) is 4.55. The molecule has 21 heavy (non-hydrogen) atoms. The first-order valence-corrected chi connectivity index (χ1v) is 7.30. The van der Waals surface area contributed by atoms with Crippen molar-refractivity contribution in [3.8, 4) is 11.5 Å². The quantitative estimate of drug-likeness (QED) is 0.819. The molecule has 1 aromatic carbocycles. The molecule has 0 aliphatic carbocycles. The van der Waals surface area contributed by atoms with Gasteiger partial charge in [0.1, 0.15) is 11.5 Å². The summed E-state index contributed by atoms with van der Waals surface area (Å²) < 4.78 is 5.73. The molecule has 1 unspecified atom stereocenters. The number of aliphatic hydroxyl groups excluding tert-OH is 1. The van der Waals surface area contributed by atoms with Gasteiger partial charge in [0, 0.05) is 6.04 Å². The minimum Gasteiger partial charge on any atom is -0.456 e. The maximum atomic E-state index is 9.01. The van der Waals surface area contributed by atoms with Gasteiger partial charge < -0.3 is 15.2 Å². The van der Waals surface area contributed by atoms with E-state index in [0.29, 0.717) is 5.75 Å². The lowest BCUT2D eigenvalue weighted by molar-refractivity contribution is 0.281. The van der Waals surface area contributed by atoms with Crippen LogP contribution in [-0.2, 0) is 6.61 Å². The topological polar surface area (TPSA) is 54.4 Å². The number of aromatic nitrogens is 1. The molecular weight excluding hydrogens is 264 g/mol. The van der Waals surface area contributed by atoms with Crippen molar-refractivity contribution in [2.45, 2.75) is 32.9 Å². The van der Waals surface area contributed by atoms with Crippen LogP contribution in [0.3, 0.4) is 0 Å². The molecule has 2 rings (SSSR count). The molecule has 1 aromatic heterocycles. The Morgan fingerprint density at radius 2 is 1.86 bits per heavy atom. The summed E-state index contributed by atoms with van der Waals surface area (Å²) >= 11 is 0. The highest BCUT2D eigenvalue weighted by Crippen LogP contribution is 2.22. The number of hydrogen-bond acceptors (Lipinski definition) is 4. The molecule has 0 amide bonds. The highest BCUT2D eigenvalue weighted by molar-refractivity contribution is 5.32. The Bertz CT molecular complexity index is 538. The van der Waals surface area contributed by atoms with Crippen LogP contribution in [0.4, 0.5) is 0 Å². The zero-order chi connectivity index (χ0) is 15.1. The Balaban J connectivity index is 1.98. The Morgan fingerprint density at radius 1 is 1.14 bits per heavy atom. The molecule has 2 N–H and O–H groups in total. The molecule has 4 nitrogen and oxygen atoms in total. The maximum Gasteiger partial charge on any atom is 0.145 e. The molecule has 1 atom stereocenters. The number of nitrogens with one attached hydrogen (secondary N) is 1. The first-order valence-electron chi connectivity index (χ1n) is 7.30. The van der Waals surface area contributed by atoms with Crippen molar-refractivity contribution in [1.82, 2.24) is 10.3 Å². The fourth-order valence-corrected chi connectivity index (χ4v) is 1.97. The molecule has 0 spiro atoms. The average Bonchev–Trinajstić information content (AvgIpc) is 2.54. The van der Waals surface area contributed by atoms with E-state index in [1.54, 1.807) is 6.20 Å². The highest BCUT2D eigenvalue weighted by Gasteiger charge is 2.06. The van der Waals surface area contributed by atoms with Crippen LogP contribution in [0.25, 0.3) is 0 Å². The van der Waals surface area contributed by atoms with Crippen molar-refractivity contribution < 1.29 is 9.84 Å². The Morgan fingerprint density at radius 3 is 2.43 bits per heavy atom. The van der Waals surface area contributed by atoms with Crippen molar-refractivity contribution in [3.05, 3.63) is 53.9 Å². The second-order valence-electron chi connectivity index (χ2n) is 5.00. The summed E-state index contributed by atoms with van der Waals surface area (Å²) in [7, 11) is 0. The van der Waals surface area contributed by atoms with Crippen molar-refractivity contribution >= 4 is 0 Å². The van der Waals surface area contributed by atoms with Crippen molar-refractivity contribution in [1.29, 1.82) is 0 Å². The lowest BCUT2D eigenvalue weighted by atomic mass is 10.2. The first-order chi connectivity index (χ1) is 10.2. The SMILES string of the molecule is CCCNC(C)c1ccc(Oc2ccc(CO)cc2)cn1. The van der Waals surface area contributed by atoms with Crippen LogP contribution < -0.4 is 10.1 Å². The summed E-state index contributed by atoms with van der Waals surface area (Å²) in [6, 6.07) is 11.5. The summed E-state index contributed by atoms with van der Waals surface area (Å²) in [5.41, 5.74) is 1.87. The molecule has 4 heteroatoms. The number of pyridine rings is 1. The molecular formula is C17H22N2O2. The Hall–Kier alpha value is -1.91. The molecule has 0 saturated heterocycles. The van der Waals surface area contributed by atoms with Crippen LogP contribution in [0.5, 0.6) is 11.5 Å². The maximum absolute atomic E-state index is 9.01. The minimum absolute atomic E-state index is 0.0409. The predicted molar refractivity (Wildman–Crippen MR) is 83.4 cm³/mol. The standard InChI is InChI=1S/C17H22N2O2/c1-3-10-18-13(2)17-9-8-16(11-19-17)21-15-6-4-14(12-20)5-7-15/h4-9,11,13,18,20H,3,10,12H2,1-2H3. The summed E-state index contributed by atoms with van der Waals surface area (Å²) in [6.07, 6.45) is 2.84. The van der Waals surface area contributed by atoms with E-state index in [1.807, 2.05) is 36.4 Å². The van der Waals surface area contributed by atoms with E-state index in [0.717, 1.165) is 30.0 Å². The Labute approximate surface area is 125 Å². The molecule has 0 aliphatic rings. The third-order valence-electron chi connectivity index (χ3n) is 3.25. The van der Waals surface area contributed by atoms with Gasteiger partial charge in [0.2, 0.25) is 0 Å². The third-order valence-corrected chi connectivity index (χ3v) is 3.25. The molecule has 0 radical (unpaired) electrons. The van der Waals surface area contributed by atoms with Gasteiger partial charge in [-0.2, -0.15) is 0 Å². The van der Waals surface area contributed by atoms with Crippen molar-refractivity contribution in [2.75, 3.05) is 6.54 Å². The van der Waals surface area contributed by atoms with Crippen LogP contribution in [0.2, 0.25) is 0 Å². The number of benzene rings is 1. The van der Waals surface area contributed by atoms with E-state index >= 15 is 0 Å². The molecule has 1 heterocycles. The van der Waals surface area contributed by atoms with Gasteiger partial charge in [-0.25, -0.2) is 0 Å². The monoisotopic (exact) mass is 286 g/mol. The predicted octanol–water partition coefficient (Wildman–Crippen LogP) is 3.43. The molecule has 0 saturated carbocycles. The van der Waals surface area contributed by atoms with E-state index in [2.05, 4.69) is 24.1 Å². The van der Waals surface area contributed by atoms with E-state index in [9.17, 15) is 0 Å². The van der Waals surface area contributed by atoms with Gasteiger partial charge in [-0.3, -0.25) is 4.98 Å². The summed E-state index contributed by atoms with van der Waals surface area (Å²) in [4.78, 5) is 4.43. The number of nitrogens with zero attached hydrogens (tertiary/aromatic N) is 1. The zero-order valence-corrected chi connectivity index (χ0v) is 12.5. The second kappa shape index (κ2) is 7.76. The minimum atomic E-state index is 0.0409. The lowest BCUT2D eigenvalue weighted by Gasteiger charge is -2.13. The fraction of sp³-hybridized carbons (Fsp3) is 0.353. The van der Waals surface area contributed by atoms with Crippen molar-refractivity contribution in [3.63, 3.8) is 0 Å². The summed E-state index contributed by atoms with van der Waals surface area (Å²) in [6.45, 7) is 5.27. The summed E-state index contributed by atoms with van der Waals surface area (Å²) in [5.74, 6) is 1.44. The number of aliphatic hydroxyl groups is 1. The van der Waals surface area contributed by atoms with Gasteiger partial charge in [0.25, 0.3) is 0 Å². The van der Waals surface area contributed by atoms with E-state index in [1.165, 1.54) is 0 Å². The van der Waals surface area contributed by atoms with Gasteiger partial charge in [0.05, 0.1) is 18.5 Å². The van der Waals surface area contributed by atoms with Crippen LogP contribution in [0.1, 0.15) is 37.6 Å². The highest BCUT2D eigenvalue weighted by atomic mass is 16.5. The molecule has 0 bridgehead atoms. The second-order valence-corrected chi connectivity index (χ2v) is 5.00. The first kappa shape index (κ1) is 15.5. The van der Waals surface area contributed by atoms with E-state index in [4.69, 9.17) is 9.84 Å². The molecule has 0 aliphatic heterocycles. The van der Waals surface area contributed by atoms with Crippen LogP contribution in [0, 0.1) is 0 Å².